The molecule has 0 bridgehead atoms. The molecule has 370 valence electrons. The van der Waals surface area contributed by atoms with E-state index in [1.165, 1.54) is 180 Å². The predicted molar refractivity (Wildman–Crippen MR) is 273 cm³/mol. The van der Waals surface area contributed by atoms with Crippen LogP contribution in [0.25, 0.3) is 0 Å². The van der Waals surface area contributed by atoms with Crippen LogP contribution in [0.2, 0.25) is 0 Å². The summed E-state index contributed by atoms with van der Waals surface area (Å²) in [7, 11) is 0. The van der Waals surface area contributed by atoms with Gasteiger partial charge in [-0.25, -0.2) is 0 Å². The Morgan fingerprint density at radius 1 is 0.429 bits per heavy atom. The van der Waals surface area contributed by atoms with Gasteiger partial charge in [0.25, 0.3) is 0 Å². The summed E-state index contributed by atoms with van der Waals surface area (Å²) in [6, 6.07) is -0.647. The number of allylic oxidation sites excluding steroid dienone is 5. The smallest absolute Gasteiger partial charge is 0.305 e. The monoisotopic (exact) mass is 886 g/mol. The summed E-state index contributed by atoms with van der Waals surface area (Å²) in [6.45, 7) is 4.84. The molecule has 0 rings (SSSR count). The first-order valence-corrected chi connectivity index (χ1v) is 27.8. The van der Waals surface area contributed by atoms with Crippen LogP contribution in [0.15, 0.2) is 36.5 Å². The molecule has 1 amide bonds. The second-order valence-corrected chi connectivity index (χ2v) is 18.9. The summed E-state index contributed by atoms with van der Waals surface area (Å²) in [5.74, 6) is -0.121. The first-order chi connectivity index (χ1) is 31.0. The molecule has 0 aliphatic rings. The molecule has 0 aliphatic heterocycles. The number of carbonyl (C=O) groups is 2. The Kier molecular flexibility index (Phi) is 51.1. The number of amides is 1. The molecule has 2 atom stereocenters. The van der Waals surface area contributed by atoms with Gasteiger partial charge in [0, 0.05) is 12.8 Å². The molecule has 0 aliphatic carbocycles. The fourth-order valence-electron chi connectivity index (χ4n) is 8.33. The minimum atomic E-state index is -0.861. The minimum Gasteiger partial charge on any atom is -0.466 e. The van der Waals surface area contributed by atoms with Crippen LogP contribution in [0, 0.1) is 0 Å². The van der Waals surface area contributed by atoms with E-state index in [4.69, 9.17) is 4.74 Å². The molecule has 0 aromatic rings. The van der Waals surface area contributed by atoms with Crippen molar-refractivity contribution < 1.29 is 24.5 Å². The minimum absolute atomic E-state index is 0.0279. The number of aliphatic hydroxyl groups excluding tert-OH is 2. The molecular weight excluding hydrogens is 779 g/mol. The summed E-state index contributed by atoms with van der Waals surface area (Å²) in [5, 5.41) is 23.1. The lowest BCUT2D eigenvalue weighted by atomic mass is 10.0. The molecule has 63 heavy (non-hydrogen) atoms. The number of ether oxygens (including phenoxy) is 1. The maximum Gasteiger partial charge on any atom is 0.305 e. The summed E-state index contributed by atoms with van der Waals surface area (Å²) in [6.07, 6.45) is 64.4. The molecule has 0 fully saturated rings. The van der Waals surface area contributed by atoms with Gasteiger partial charge in [-0.05, 0) is 89.9 Å². The lowest BCUT2D eigenvalue weighted by molar-refractivity contribution is -0.143. The van der Waals surface area contributed by atoms with Crippen molar-refractivity contribution in [2.24, 2.45) is 0 Å². The number of carbonyl (C=O) groups excluding carboxylic acids is 2. The predicted octanol–water partition coefficient (Wildman–Crippen LogP) is 16.9. The normalized spacial score (nSPS) is 12.9. The summed E-state index contributed by atoms with van der Waals surface area (Å²) >= 11 is 0. The van der Waals surface area contributed by atoms with Crippen LogP contribution >= 0.6 is 0 Å². The molecule has 3 N–H and O–H groups in total. The number of hydrogen-bond acceptors (Lipinski definition) is 5. The fraction of sp³-hybridized carbons (Fsp3) is 0.860. The third kappa shape index (κ3) is 49.4. The lowest BCUT2D eigenvalue weighted by Crippen LogP contribution is -2.45. The van der Waals surface area contributed by atoms with Crippen molar-refractivity contribution in [3.8, 4) is 0 Å². The zero-order valence-electron chi connectivity index (χ0n) is 42.1. The SMILES string of the molecule is CCCCCCCC/C=C\CCCCCCCCCC(=O)OCCCCC/C=C\CCCCCCCC(=O)NC(CO)C(O)/C=C/CCCCCCCCCCCCCCCCC. The number of rotatable bonds is 51. The quantitative estimate of drug-likeness (QED) is 0.0321. The number of unbranched alkanes of at least 4 members (excludes halogenated alkanes) is 36. The average Bonchev–Trinajstić information content (AvgIpc) is 3.28. The first kappa shape index (κ1) is 61.1. The van der Waals surface area contributed by atoms with Gasteiger partial charge in [-0.2, -0.15) is 0 Å². The molecule has 2 unspecified atom stereocenters. The van der Waals surface area contributed by atoms with E-state index in [-0.39, 0.29) is 18.5 Å². The molecular formula is C57H107NO5. The molecule has 0 heterocycles. The Hall–Kier alpha value is -1.92. The highest BCUT2D eigenvalue weighted by atomic mass is 16.5. The van der Waals surface area contributed by atoms with Crippen LogP contribution in [0.5, 0.6) is 0 Å². The largest absolute Gasteiger partial charge is 0.466 e. The maximum atomic E-state index is 12.4. The van der Waals surface area contributed by atoms with Gasteiger partial charge in [0.2, 0.25) is 5.91 Å². The van der Waals surface area contributed by atoms with E-state index < -0.39 is 12.1 Å². The van der Waals surface area contributed by atoms with Crippen LogP contribution in [-0.2, 0) is 14.3 Å². The Balaban J connectivity index is 3.53. The molecule has 0 radical (unpaired) electrons. The van der Waals surface area contributed by atoms with Gasteiger partial charge in [0.05, 0.1) is 25.4 Å². The van der Waals surface area contributed by atoms with Crippen molar-refractivity contribution in [2.45, 2.75) is 302 Å². The standard InChI is InChI=1S/C57H107NO5/c1-3-5-7-9-11-13-15-17-19-21-23-25-29-33-37-41-45-49-55(60)54(53-59)58-56(61)50-46-42-38-34-30-27-28-32-36-40-44-48-52-63-57(62)51-47-43-39-35-31-26-24-22-20-18-16-14-12-10-8-6-4-2/h18,20,28,32,45,49,54-55,59-60H,3-17,19,21-27,29-31,33-44,46-48,50-53H2,1-2H3,(H,58,61)/b20-18-,32-28-,49-45+. The third-order valence-electron chi connectivity index (χ3n) is 12.6. The Morgan fingerprint density at radius 2 is 0.746 bits per heavy atom. The second kappa shape index (κ2) is 52.7. The summed E-state index contributed by atoms with van der Waals surface area (Å²) < 4.78 is 5.45. The fourth-order valence-corrected chi connectivity index (χ4v) is 8.33. The van der Waals surface area contributed by atoms with Crippen LogP contribution in [0.1, 0.15) is 290 Å². The average molecular weight is 886 g/mol. The highest BCUT2D eigenvalue weighted by Crippen LogP contribution is 2.16. The number of hydrogen-bond donors (Lipinski definition) is 3. The molecule has 6 heteroatoms. The van der Waals surface area contributed by atoms with Crippen LogP contribution < -0.4 is 5.32 Å². The van der Waals surface area contributed by atoms with Crippen molar-refractivity contribution >= 4 is 11.9 Å². The second-order valence-electron chi connectivity index (χ2n) is 18.9. The molecule has 0 spiro atoms. The van der Waals surface area contributed by atoms with Gasteiger partial charge in [0.15, 0.2) is 0 Å². The van der Waals surface area contributed by atoms with Gasteiger partial charge in [-0.1, -0.05) is 224 Å². The van der Waals surface area contributed by atoms with Crippen molar-refractivity contribution in [3.05, 3.63) is 36.5 Å². The number of aliphatic hydroxyl groups is 2. The van der Waals surface area contributed by atoms with Crippen LogP contribution in [-0.4, -0.2) is 47.4 Å². The zero-order valence-corrected chi connectivity index (χ0v) is 42.1. The molecule has 0 aromatic carbocycles. The van der Waals surface area contributed by atoms with Crippen molar-refractivity contribution in [2.75, 3.05) is 13.2 Å². The van der Waals surface area contributed by atoms with Crippen LogP contribution in [0.3, 0.4) is 0 Å². The summed E-state index contributed by atoms with van der Waals surface area (Å²) in [5.41, 5.74) is 0. The van der Waals surface area contributed by atoms with Crippen molar-refractivity contribution in [1.82, 2.24) is 5.32 Å². The Labute approximate surface area is 392 Å². The van der Waals surface area contributed by atoms with Crippen molar-refractivity contribution in [3.63, 3.8) is 0 Å². The van der Waals surface area contributed by atoms with E-state index in [0.29, 0.717) is 19.4 Å². The van der Waals surface area contributed by atoms with E-state index >= 15 is 0 Å². The van der Waals surface area contributed by atoms with Crippen LogP contribution in [0.4, 0.5) is 0 Å². The zero-order chi connectivity index (χ0) is 45.8. The Bertz CT molecular complexity index is 1020. The summed E-state index contributed by atoms with van der Waals surface area (Å²) in [4.78, 5) is 24.5. The van der Waals surface area contributed by atoms with Gasteiger partial charge >= 0.3 is 5.97 Å². The van der Waals surface area contributed by atoms with Gasteiger partial charge in [-0.15, -0.1) is 0 Å². The highest BCUT2D eigenvalue weighted by Gasteiger charge is 2.18. The maximum absolute atomic E-state index is 12.4. The molecule has 0 saturated carbocycles. The van der Waals surface area contributed by atoms with Gasteiger partial charge in [-0.3, -0.25) is 9.59 Å². The van der Waals surface area contributed by atoms with Gasteiger partial charge in [0.1, 0.15) is 0 Å². The van der Waals surface area contributed by atoms with Crippen molar-refractivity contribution in [1.29, 1.82) is 0 Å². The Morgan fingerprint density at radius 3 is 1.13 bits per heavy atom. The number of nitrogens with one attached hydrogen (secondary N) is 1. The van der Waals surface area contributed by atoms with E-state index in [2.05, 4.69) is 43.5 Å². The van der Waals surface area contributed by atoms with E-state index in [9.17, 15) is 19.8 Å². The van der Waals surface area contributed by atoms with E-state index in [1.54, 1.807) is 6.08 Å². The molecule has 0 saturated heterocycles. The van der Waals surface area contributed by atoms with E-state index in [0.717, 1.165) is 83.5 Å². The third-order valence-corrected chi connectivity index (χ3v) is 12.6. The first-order valence-electron chi connectivity index (χ1n) is 27.8. The highest BCUT2D eigenvalue weighted by molar-refractivity contribution is 5.76. The lowest BCUT2D eigenvalue weighted by Gasteiger charge is -2.20. The topological polar surface area (TPSA) is 95.9 Å². The molecule has 6 nitrogen and oxygen atoms in total. The molecule has 0 aromatic heterocycles. The van der Waals surface area contributed by atoms with E-state index in [1.807, 2.05) is 6.08 Å². The van der Waals surface area contributed by atoms with Gasteiger partial charge < -0.3 is 20.3 Å². The number of esters is 1.